The van der Waals surface area contributed by atoms with Gasteiger partial charge in [-0.2, -0.15) is 0 Å². The molecule has 7 aromatic carbocycles. The highest BCUT2D eigenvalue weighted by Crippen LogP contribution is 2.43. The molecule has 0 spiro atoms. The van der Waals surface area contributed by atoms with E-state index in [4.69, 9.17) is 13.6 Å². The number of nitrogens with zero attached hydrogens (tertiary/aromatic N) is 2. The van der Waals surface area contributed by atoms with Crippen molar-refractivity contribution in [1.29, 1.82) is 0 Å². The predicted molar refractivity (Wildman–Crippen MR) is 193 cm³/mol. The van der Waals surface area contributed by atoms with E-state index in [1.54, 1.807) is 0 Å². The first kappa shape index (κ1) is 27.0. The van der Waals surface area contributed by atoms with Crippen molar-refractivity contribution < 1.29 is 13.6 Å². The first-order valence-corrected chi connectivity index (χ1v) is 15.6. The van der Waals surface area contributed by atoms with Gasteiger partial charge in [-0.1, -0.05) is 72.8 Å². The van der Waals surface area contributed by atoms with Crippen LogP contribution >= 0.6 is 0 Å². The second-order valence-corrected chi connectivity index (χ2v) is 11.6. The Hall–Kier alpha value is -6.33. The van der Waals surface area contributed by atoms with Gasteiger partial charge in [-0.05, 0) is 84.4 Å². The monoisotopic (exact) mass is 608 g/mol. The number of para-hydroxylation sites is 2. The van der Waals surface area contributed by atoms with Gasteiger partial charge in [-0.25, -0.2) is 0 Å². The molecule has 5 heteroatoms. The molecule has 0 saturated carbocycles. The van der Waals surface area contributed by atoms with Gasteiger partial charge in [0.05, 0.1) is 0 Å². The number of anilines is 3. The molecule has 0 N–H and O–H groups in total. The number of hydrogen-bond donors (Lipinski definition) is 0. The van der Waals surface area contributed by atoms with Crippen molar-refractivity contribution in [2.75, 3.05) is 4.90 Å². The molecule has 2 aromatic heterocycles. The second-order valence-electron chi connectivity index (χ2n) is 11.6. The van der Waals surface area contributed by atoms with Crippen molar-refractivity contribution in [1.82, 2.24) is 0 Å². The van der Waals surface area contributed by atoms with Crippen LogP contribution in [0.2, 0.25) is 0 Å². The Labute approximate surface area is 270 Å². The van der Waals surface area contributed by atoms with Crippen molar-refractivity contribution in [3.63, 3.8) is 0 Å². The lowest BCUT2D eigenvalue weighted by Crippen LogP contribution is -2.09. The van der Waals surface area contributed by atoms with Crippen LogP contribution in [0.4, 0.5) is 22.7 Å². The van der Waals surface area contributed by atoms with Crippen LogP contribution in [-0.4, -0.2) is 6.72 Å². The highest BCUT2D eigenvalue weighted by molar-refractivity contribution is 6.08. The van der Waals surface area contributed by atoms with Gasteiger partial charge in [-0.3, -0.25) is 4.99 Å². The molecule has 0 bridgehead atoms. The molecular formula is C42H28N2O3. The molecule has 0 radical (unpaired) electrons. The van der Waals surface area contributed by atoms with E-state index >= 15 is 0 Å². The van der Waals surface area contributed by atoms with Crippen LogP contribution in [0, 0.1) is 0 Å². The summed E-state index contributed by atoms with van der Waals surface area (Å²) in [4.78, 5) is 6.54. The van der Waals surface area contributed by atoms with Crippen LogP contribution in [-0.2, 0) is 6.61 Å². The standard InChI is InChI=1S/C42H28N2O3/c1-43-37-21-15-28-23-29(16-19-32(28)42(37)45-26-27-9-3-2-4-10-27)44(30-18-22-40-36(24-30)34-12-6-8-14-39(34)46-40)31-17-20-35-33-11-5-7-13-38(33)47-41(35)25-31/h2-25H,1,26H2. The summed E-state index contributed by atoms with van der Waals surface area (Å²) in [6.07, 6.45) is 0. The van der Waals surface area contributed by atoms with Gasteiger partial charge in [0.1, 0.15) is 34.6 Å². The van der Waals surface area contributed by atoms with E-state index in [-0.39, 0.29) is 0 Å². The predicted octanol–water partition coefficient (Wildman–Crippen LogP) is 12.0. The molecule has 0 atom stereocenters. The molecule has 224 valence electrons. The van der Waals surface area contributed by atoms with Crippen molar-refractivity contribution in [2.45, 2.75) is 6.61 Å². The maximum atomic E-state index is 6.38. The van der Waals surface area contributed by atoms with Gasteiger partial charge < -0.3 is 18.5 Å². The third kappa shape index (κ3) is 4.60. The molecule has 0 unspecified atom stereocenters. The van der Waals surface area contributed by atoms with Gasteiger partial charge >= 0.3 is 0 Å². The fraction of sp³-hybridized carbons (Fsp3) is 0.0238. The average molecular weight is 609 g/mol. The highest BCUT2D eigenvalue weighted by Gasteiger charge is 2.19. The zero-order valence-electron chi connectivity index (χ0n) is 25.4. The number of ether oxygens (including phenoxy) is 1. The smallest absolute Gasteiger partial charge is 0.153 e. The Morgan fingerprint density at radius 1 is 0.511 bits per heavy atom. The van der Waals surface area contributed by atoms with Crippen molar-refractivity contribution in [2.24, 2.45) is 4.99 Å². The SMILES string of the molecule is C=Nc1ccc2cc(N(c3ccc4c(c3)oc3ccccc34)c3ccc4oc5ccccc5c4c3)ccc2c1OCc1ccccc1. The molecule has 9 rings (SSSR count). The number of rotatable bonds is 7. The summed E-state index contributed by atoms with van der Waals surface area (Å²) in [6, 6.07) is 49.7. The van der Waals surface area contributed by atoms with Gasteiger partial charge in [0.2, 0.25) is 0 Å². The molecular weight excluding hydrogens is 580 g/mol. The van der Waals surface area contributed by atoms with Crippen LogP contribution in [0.25, 0.3) is 54.6 Å². The Morgan fingerprint density at radius 3 is 1.89 bits per heavy atom. The van der Waals surface area contributed by atoms with E-state index in [9.17, 15) is 0 Å². The number of benzene rings is 7. The summed E-state index contributed by atoms with van der Waals surface area (Å²) in [5.41, 5.74) is 8.21. The Morgan fingerprint density at radius 2 is 1.11 bits per heavy atom. The van der Waals surface area contributed by atoms with Crippen LogP contribution in [0.15, 0.2) is 159 Å². The summed E-state index contributed by atoms with van der Waals surface area (Å²) in [5, 5.41) is 6.34. The summed E-state index contributed by atoms with van der Waals surface area (Å²) in [5.74, 6) is 0.717. The molecule has 0 aliphatic carbocycles. The molecule has 2 heterocycles. The minimum atomic E-state index is 0.437. The third-order valence-corrected chi connectivity index (χ3v) is 8.83. The van der Waals surface area contributed by atoms with Crippen LogP contribution in [0.1, 0.15) is 5.56 Å². The molecule has 0 amide bonds. The summed E-state index contributed by atoms with van der Waals surface area (Å²) in [7, 11) is 0. The Bertz CT molecular complexity index is 2620. The molecule has 0 saturated heterocycles. The van der Waals surface area contributed by atoms with Crippen molar-refractivity contribution in [3.8, 4) is 5.75 Å². The second kappa shape index (κ2) is 10.9. The van der Waals surface area contributed by atoms with Gasteiger partial charge in [0, 0.05) is 50.1 Å². The minimum absolute atomic E-state index is 0.437. The fourth-order valence-corrected chi connectivity index (χ4v) is 6.58. The minimum Gasteiger partial charge on any atom is -0.486 e. The largest absolute Gasteiger partial charge is 0.486 e. The van der Waals surface area contributed by atoms with Crippen molar-refractivity contribution >= 4 is 84.1 Å². The number of fused-ring (bicyclic) bond motifs is 7. The molecule has 0 aliphatic heterocycles. The highest BCUT2D eigenvalue weighted by atomic mass is 16.5. The first-order chi connectivity index (χ1) is 23.2. The summed E-state index contributed by atoms with van der Waals surface area (Å²) in [6.45, 7) is 4.24. The zero-order valence-corrected chi connectivity index (χ0v) is 25.4. The number of hydrogen-bond acceptors (Lipinski definition) is 5. The van der Waals surface area contributed by atoms with E-state index in [0.717, 1.165) is 83.0 Å². The van der Waals surface area contributed by atoms with E-state index < -0.39 is 0 Å². The zero-order chi connectivity index (χ0) is 31.3. The van der Waals surface area contributed by atoms with Crippen LogP contribution in [0.5, 0.6) is 5.75 Å². The topological polar surface area (TPSA) is 51.1 Å². The Balaban J connectivity index is 1.21. The summed E-state index contributed by atoms with van der Waals surface area (Å²) >= 11 is 0. The molecule has 0 fully saturated rings. The quantitative estimate of drug-likeness (QED) is 0.169. The Kier molecular flexibility index (Phi) is 6.28. The average Bonchev–Trinajstić information content (AvgIpc) is 3.69. The molecule has 47 heavy (non-hydrogen) atoms. The van der Waals surface area contributed by atoms with Crippen LogP contribution < -0.4 is 9.64 Å². The number of aliphatic imine (C=N–C) groups is 1. The maximum absolute atomic E-state index is 6.38. The lowest BCUT2D eigenvalue weighted by molar-refractivity contribution is 0.311. The molecule has 0 aliphatic rings. The third-order valence-electron chi connectivity index (χ3n) is 8.83. The van der Waals surface area contributed by atoms with E-state index in [2.05, 4.69) is 102 Å². The van der Waals surface area contributed by atoms with E-state index in [1.165, 1.54) is 0 Å². The van der Waals surface area contributed by atoms with E-state index in [0.29, 0.717) is 12.3 Å². The first-order valence-electron chi connectivity index (χ1n) is 15.6. The lowest BCUT2D eigenvalue weighted by Gasteiger charge is -2.26. The van der Waals surface area contributed by atoms with Crippen LogP contribution in [0.3, 0.4) is 0 Å². The fourth-order valence-electron chi connectivity index (χ4n) is 6.58. The van der Waals surface area contributed by atoms with Gasteiger partial charge in [0.15, 0.2) is 5.75 Å². The van der Waals surface area contributed by atoms with Crippen molar-refractivity contribution in [3.05, 3.63) is 151 Å². The molecule has 5 nitrogen and oxygen atoms in total. The van der Waals surface area contributed by atoms with Gasteiger partial charge in [0.25, 0.3) is 0 Å². The lowest BCUT2D eigenvalue weighted by atomic mass is 10.0. The normalized spacial score (nSPS) is 11.6. The number of furan rings is 2. The maximum Gasteiger partial charge on any atom is 0.153 e. The van der Waals surface area contributed by atoms with Gasteiger partial charge in [-0.15, -0.1) is 0 Å². The van der Waals surface area contributed by atoms with E-state index in [1.807, 2.05) is 60.7 Å². The molecule has 9 aromatic rings. The summed E-state index contributed by atoms with van der Waals surface area (Å²) < 4.78 is 18.9.